The van der Waals surface area contributed by atoms with Crippen LogP contribution in [-0.4, -0.2) is 12.0 Å². The topological polar surface area (TPSA) is 66.7 Å². The van der Waals surface area contributed by atoms with E-state index in [0.29, 0.717) is 6.04 Å². The van der Waals surface area contributed by atoms with Gasteiger partial charge < -0.3 is 0 Å². The first-order chi connectivity index (χ1) is 6.74. The van der Waals surface area contributed by atoms with Gasteiger partial charge in [0.15, 0.2) is 0 Å². The van der Waals surface area contributed by atoms with Crippen molar-refractivity contribution < 1.29 is 15.1 Å². The molecule has 1 saturated carbocycles. The normalized spacial score (nSPS) is 17.1. The Morgan fingerprint density at radius 2 is 2.07 bits per heavy atom. The molecule has 0 radical (unpaired) electrons. The molecule has 0 atom stereocenters. The number of carbonyl (C=O) groups excluding carboxylic acids is 1. The molecule has 0 unspecified atom stereocenters. The minimum Gasteiger partial charge on any atom is -0.274 e. The highest BCUT2D eigenvalue weighted by Gasteiger charge is 2.19. The highest BCUT2D eigenvalue weighted by atomic mass is 16.7. The summed E-state index contributed by atoms with van der Waals surface area (Å²) in [5.41, 5.74) is 1.42. The van der Waals surface area contributed by atoms with Crippen LogP contribution in [0.5, 0.6) is 0 Å². The first-order valence-electron chi connectivity index (χ1n) is 4.87. The van der Waals surface area contributed by atoms with Gasteiger partial charge in [-0.25, -0.2) is 4.79 Å². The molecule has 2 N–H and O–H groups in total. The van der Waals surface area contributed by atoms with Gasteiger partial charge >= 0.3 is 5.97 Å². The minimum atomic E-state index is -0.627. The van der Waals surface area contributed by atoms with E-state index in [1.54, 1.807) is 11.5 Å². The zero-order valence-corrected chi connectivity index (χ0v) is 8.16. The summed E-state index contributed by atoms with van der Waals surface area (Å²) in [6.07, 6.45) is 5.80. The molecule has 1 rings (SSSR count). The van der Waals surface area contributed by atoms with Crippen molar-refractivity contribution in [3.8, 4) is 6.07 Å². The van der Waals surface area contributed by atoms with E-state index >= 15 is 0 Å². The van der Waals surface area contributed by atoms with Crippen LogP contribution >= 0.6 is 0 Å². The largest absolute Gasteiger partial charge is 0.407 e. The molecule has 76 valence electrons. The monoisotopic (exact) mass is 195 g/mol. The lowest BCUT2D eigenvalue weighted by Crippen LogP contribution is -2.90. The van der Waals surface area contributed by atoms with Gasteiger partial charge in [-0.1, -0.05) is 13.0 Å². The number of hydroxylamine groups is 1. The van der Waals surface area contributed by atoms with Gasteiger partial charge in [-0.2, -0.15) is 10.7 Å². The molecule has 0 aliphatic heterocycles. The lowest BCUT2D eigenvalue weighted by atomic mass is 9.96. The number of quaternary nitrogens is 1. The molecule has 4 heteroatoms. The zero-order valence-electron chi connectivity index (χ0n) is 8.16. The number of nitrogens with two attached hydrogens (primary N) is 1. The van der Waals surface area contributed by atoms with Crippen LogP contribution in [0.4, 0.5) is 0 Å². The summed E-state index contributed by atoms with van der Waals surface area (Å²) in [7, 11) is 0. The predicted molar refractivity (Wildman–Crippen MR) is 49.6 cm³/mol. The van der Waals surface area contributed by atoms with Crippen molar-refractivity contribution in [3.63, 3.8) is 0 Å². The maximum atomic E-state index is 11.0. The van der Waals surface area contributed by atoms with Crippen LogP contribution in [0, 0.1) is 11.3 Å². The maximum Gasteiger partial charge on any atom is 0.407 e. The number of hydrogen-bond acceptors (Lipinski definition) is 3. The first kappa shape index (κ1) is 10.7. The van der Waals surface area contributed by atoms with Crippen LogP contribution in [0.1, 0.15) is 32.1 Å². The number of nitriles is 1. The smallest absolute Gasteiger partial charge is 0.274 e. The quantitative estimate of drug-likeness (QED) is 0.403. The molecule has 0 aromatic heterocycles. The van der Waals surface area contributed by atoms with Crippen LogP contribution in [0.25, 0.3) is 0 Å². The maximum absolute atomic E-state index is 11.0. The predicted octanol–water partition coefficient (Wildman–Crippen LogP) is 0.420. The van der Waals surface area contributed by atoms with Gasteiger partial charge in [-0.15, -0.1) is 0 Å². The summed E-state index contributed by atoms with van der Waals surface area (Å²) in [5, 5.41) is 8.38. The summed E-state index contributed by atoms with van der Waals surface area (Å²) < 4.78 is 0. The van der Waals surface area contributed by atoms with E-state index in [1.807, 2.05) is 0 Å². The molecule has 0 heterocycles. The third-order valence-electron chi connectivity index (χ3n) is 2.40. The molecule has 0 aromatic carbocycles. The second-order valence-electron chi connectivity index (χ2n) is 3.53. The highest BCUT2D eigenvalue weighted by Crippen LogP contribution is 2.14. The van der Waals surface area contributed by atoms with E-state index in [9.17, 15) is 4.79 Å². The number of rotatable bonds is 3. The van der Waals surface area contributed by atoms with Crippen LogP contribution in [-0.2, 0) is 9.63 Å². The SMILES string of the molecule is C=C(C#N)C(=O)O[NH2+]C1CCCCC1. The van der Waals surface area contributed by atoms with Crippen LogP contribution in [0.15, 0.2) is 12.2 Å². The molecule has 0 spiro atoms. The molecule has 1 aliphatic rings. The Bertz CT molecular complexity index is 262. The van der Waals surface area contributed by atoms with Crippen LogP contribution in [0.2, 0.25) is 0 Å². The van der Waals surface area contributed by atoms with Gasteiger partial charge in [0.1, 0.15) is 17.7 Å². The van der Waals surface area contributed by atoms with Crippen LogP contribution in [0.3, 0.4) is 0 Å². The highest BCUT2D eigenvalue weighted by molar-refractivity contribution is 5.91. The van der Waals surface area contributed by atoms with E-state index in [0.717, 1.165) is 12.8 Å². The fourth-order valence-corrected chi connectivity index (χ4v) is 1.55. The van der Waals surface area contributed by atoms with Gasteiger partial charge in [-0.3, -0.25) is 4.84 Å². The summed E-state index contributed by atoms with van der Waals surface area (Å²) in [6, 6.07) is 2.02. The third kappa shape index (κ3) is 3.19. The fourth-order valence-electron chi connectivity index (χ4n) is 1.55. The third-order valence-corrected chi connectivity index (χ3v) is 2.40. The van der Waals surface area contributed by atoms with E-state index in [2.05, 4.69) is 6.58 Å². The van der Waals surface area contributed by atoms with Gasteiger partial charge in [0.25, 0.3) is 0 Å². The Hall–Kier alpha value is -1.34. The van der Waals surface area contributed by atoms with E-state index < -0.39 is 5.97 Å². The molecule has 0 saturated heterocycles. The van der Waals surface area contributed by atoms with Crippen molar-refractivity contribution in [2.75, 3.05) is 0 Å². The average molecular weight is 195 g/mol. The number of hydrogen-bond donors (Lipinski definition) is 1. The molecular formula is C10H15N2O2+. The summed E-state index contributed by atoms with van der Waals surface area (Å²) in [6.45, 7) is 3.28. The molecular weight excluding hydrogens is 180 g/mol. The number of carbonyl (C=O) groups is 1. The van der Waals surface area contributed by atoms with Crippen molar-refractivity contribution in [3.05, 3.63) is 12.2 Å². The lowest BCUT2D eigenvalue weighted by Gasteiger charge is -2.17. The van der Waals surface area contributed by atoms with Crippen molar-refractivity contribution in [1.82, 2.24) is 0 Å². The second kappa shape index (κ2) is 5.40. The Kier molecular flexibility index (Phi) is 4.14. The lowest BCUT2D eigenvalue weighted by molar-refractivity contribution is -0.896. The molecule has 1 fully saturated rings. The summed E-state index contributed by atoms with van der Waals surface area (Å²) in [5.74, 6) is -0.627. The van der Waals surface area contributed by atoms with E-state index in [1.165, 1.54) is 19.3 Å². The van der Waals surface area contributed by atoms with Crippen molar-refractivity contribution in [2.24, 2.45) is 0 Å². The Labute approximate surface area is 83.5 Å². The van der Waals surface area contributed by atoms with Crippen molar-refractivity contribution in [1.29, 1.82) is 5.26 Å². The standard InChI is InChI=1S/C10H14N2O2/c1-8(7-11)10(13)14-12-9-5-3-2-4-6-9/h9,12H,1-6H2/p+1. The molecule has 0 amide bonds. The molecule has 4 nitrogen and oxygen atoms in total. The van der Waals surface area contributed by atoms with E-state index in [-0.39, 0.29) is 5.57 Å². The minimum absolute atomic E-state index is 0.142. The fraction of sp³-hybridized carbons (Fsp3) is 0.600. The molecule has 1 aliphatic carbocycles. The Morgan fingerprint density at radius 3 is 2.64 bits per heavy atom. The molecule has 0 aromatic rings. The Balaban J connectivity index is 2.23. The van der Waals surface area contributed by atoms with Crippen molar-refractivity contribution in [2.45, 2.75) is 38.1 Å². The van der Waals surface area contributed by atoms with Gasteiger partial charge in [0.05, 0.1) is 0 Å². The van der Waals surface area contributed by atoms with Gasteiger partial charge in [0, 0.05) is 12.8 Å². The average Bonchev–Trinajstić information content (AvgIpc) is 2.26. The molecule has 0 bridgehead atoms. The summed E-state index contributed by atoms with van der Waals surface area (Å²) in [4.78, 5) is 15.9. The van der Waals surface area contributed by atoms with E-state index in [4.69, 9.17) is 10.1 Å². The van der Waals surface area contributed by atoms with Crippen molar-refractivity contribution >= 4 is 5.97 Å². The van der Waals surface area contributed by atoms with Gasteiger partial charge in [-0.05, 0) is 12.8 Å². The Morgan fingerprint density at radius 1 is 1.43 bits per heavy atom. The second-order valence-corrected chi connectivity index (χ2v) is 3.53. The zero-order chi connectivity index (χ0) is 10.4. The molecule has 14 heavy (non-hydrogen) atoms. The first-order valence-corrected chi connectivity index (χ1v) is 4.87. The summed E-state index contributed by atoms with van der Waals surface area (Å²) >= 11 is 0. The van der Waals surface area contributed by atoms with Crippen LogP contribution < -0.4 is 5.48 Å². The number of nitrogens with zero attached hydrogens (tertiary/aromatic N) is 1. The van der Waals surface area contributed by atoms with Gasteiger partial charge in [0.2, 0.25) is 0 Å².